The molecule has 2 aromatic carbocycles. The Labute approximate surface area is 150 Å². The fourth-order valence-electron chi connectivity index (χ4n) is 2.55. The van der Waals surface area contributed by atoms with Crippen molar-refractivity contribution in [3.63, 3.8) is 0 Å². The summed E-state index contributed by atoms with van der Waals surface area (Å²) in [6.45, 7) is 9.00. The van der Waals surface area contributed by atoms with Crippen molar-refractivity contribution in [2.75, 3.05) is 6.61 Å². The van der Waals surface area contributed by atoms with Crippen molar-refractivity contribution >= 4 is 5.91 Å². The van der Waals surface area contributed by atoms with Gasteiger partial charge >= 0.3 is 0 Å². The molecule has 0 heterocycles. The first-order valence-corrected chi connectivity index (χ1v) is 8.76. The van der Waals surface area contributed by atoms with Gasteiger partial charge in [-0.15, -0.1) is 0 Å². The van der Waals surface area contributed by atoms with Crippen LogP contribution in [0.4, 0.5) is 0 Å². The van der Waals surface area contributed by atoms with Crippen LogP contribution in [0.3, 0.4) is 0 Å². The van der Waals surface area contributed by atoms with E-state index in [9.17, 15) is 4.79 Å². The number of carbonyl (C=O) groups excluding carboxylic acids is 1. The van der Waals surface area contributed by atoms with E-state index in [1.165, 1.54) is 0 Å². The second-order valence-electron chi connectivity index (χ2n) is 6.25. The number of carbonyl (C=O) groups is 1. The lowest BCUT2D eigenvalue weighted by Gasteiger charge is -2.18. The van der Waals surface area contributed by atoms with Crippen LogP contribution in [0.25, 0.3) is 0 Å². The lowest BCUT2D eigenvalue weighted by atomic mass is 10.0. The highest BCUT2D eigenvalue weighted by molar-refractivity contribution is 5.80. The number of benzene rings is 2. The molecule has 0 aliphatic rings. The van der Waals surface area contributed by atoms with Gasteiger partial charge in [0, 0.05) is 6.54 Å². The molecule has 134 valence electrons. The van der Waals surface area contributed by atoms with Crippen molar-refractivity contribution in [2.24, 2.45) is 0 Å². The van der Waals surface area contributed by atoms with Gasteiger partial charge in [0.15, 0.2) is 6.10 Å². The van der Waals surface area contributed by atoms with Gasteiger partial charge in [0.1, 0.15) is 11.5 Å². The highest BCUT2D eigenvalue weighted by Gasteiger charge is 2.17. The predicted octanol–water partition coefficient (Wildman–Crippen LogP) is 4.29. The Balaban J connectivity index is 1.94. The SMILES string of the molecule is CCOc1cccc(CNC(=O)[C@H](C)Oc2ccccc2C(C)C)c1. The average molecular weight is 341 g/mol. The molecule has 0 spiro atoms. The quantitative estimate of drug-likeness (QED) is 0.779. The topological polar surface area (TPSA) is 47.6 Å². The summed E-state index contributed by atoms with van der Waals surface area (Å²) in [5.41, 5.74) is 2.10. The summed E-state index contributed by atoms with van der Waals surface area (Å²) < 4.78 is 11.4. The molecular formula is C21H27NO3. The zero-order chi connectivity index (χ0) is 18.2. The third-order valence-corrected chi connectivity index (χ3v) is 3.89. The molecule has 4 nitrogen and oxygen atoms in total. The van der Waals surface area contributed by atoms with E-state index in [2.05, 4.69) is 19.2 Å². The van der Waals surface area contributed by atoms with E-state index in [-0.39, 0.29) is 5.91 Å². The Hall–Kier alpha value is -2.49. The van der Waals surface area contributed by atoms with Crippen molar-refractivity contribution < 1.29 is 14.3 Å². The predicted molar refractivity (Wildman–Crippen MR) is 100 cm³/mol. The van der Waals surface area contributed by atoms with Gasteiger partial charge < -0.3 is 14.8 Å². The fourth-order valence-corrected chi connectivity index (χ4v) is 2.55. The number of amides is 1. The van der Waals surface area contributed by atoms with Crippen molar-refractivity contribution in [1.82, 2.24) is 5.32 Å². The summed E-state index contributed by atoms with van der Waals surface area (Å²) in [7, 11) is 0. The number of hydrogen-bond acceptors (Lipinski definition) is 3. The van der Waals surface area contributed by atoms with Gasteiger partial charge in [0.2, 0.25) is 0 Å². The van der Waals surface area contributed by atoms with Crippen LogP contribution >= 0.6 is 0 Å². The van der Waals surface area contributed by atoms with E-state index in [0.29, 0.717) is 19.1 Å². The molecule has 0 unspecified atom stereocenters. The van der Waals surface area contributed by atoms with Gasteiger partial charge in [-0.3, -0.25) is 4.79 Å². The van der Waals surface area contributed by atoms with E-state index in [4.69, 9.17) is 9.47 Å². The normalized spacial score (nSPS) is 11.9. The van der Waals surface area contributed by atoms with Crippen LogP contribution < -0.4 is 14.8 Å². The number of hydrogen-bond donors (Lipinski definition) is 1. The second-order valence-corrected chi connectivity index (χ2v) is 6.25. The third kappa shape index (κ3) is 5.52. The zero-order valence-corrected chi connectivity index (χ0v) is 15.4. The van der Waals surface area contributed by atoms with Crippen molar-refractivity contribution in [3.8, 4) is 11.5 Å². The first-order valence-electron chi connectivity index (χ1n) is 8.76. The Morgan fingerprint density at radius 2 is 1.84 bits per heavy atom. The van der Waals surface area contributed by atoms with Crippen LogP contribution in [0.15, 0.2) is 48.5 Å². The van der Waals surface area contributed by atoms with Crippen molar-refractivity contribution in [1.29, 1.82) is 0 Å². The van der Waals surface area contributed by atoms with Crippen LogP contribution in [0, 0.1) is 0 Å². The smallest absolute Gasteiger partial charge is 0.261 e. The number of para-hydroxylation sites is 1. The van der Waals surface area contributed by atoms with Gasteiger partial charge in [-0.05, 0) is 49.1 Å². The summed E-state index contributed by atoms with van der Waals surface area (Å²) in [6.07, 6.45) is -0.560. The Morgan fingerprint density at radius 1 is 1.08 bits per heavy atom. The van der Waals surface area contributed by atoms with Gasteiger partial charge in [0.25, 0.3) is 5.91 Å². The molecule has 2 aromatic rings. The van der Waals surface area contributed by atoms with E-state index in [1.54, 1.807) is 6.92 Å². The highest BCUT2D eigenvalue weighted by atomic mass is 16.5. The Morgan fingerprint density at radius 3 is 2.56 bits per heavy atom. The van der Waals surface area contributed by atoms with Crippen LogP contribution in [-0.4, -0.2) is 18.6 Å². The highest BCUT2D eigenvalue weighted by Crippen LogP contribution is 2.26. The molecule has 0 aliphatic carbocycles. The Kier molecular flexibility index (Phi) is 6.87. The van der Waals surface area contributed by atoms with Crippen molar-refractivity contribution in [2.45, 2.75) is 46.3 Å². The summed E-state index contributed by atoms with van der Waals surface area (Å²) in [5.74, 6) is 1.77. The molecule has 0 fully saturated rings. The minimum absolute atomic E-state index is 0.139. The second kappa shape index (κ2) is 9.11. The van der Waals surface area contributed by atoms with E-state index in [1.807, 2.05) is 55.5 Å². The molecule has 25 heavy (non-hydrogen) atoms. The number of ether oxygens (including phenoxy) is 2. The lowest BCUT2D eigenvalue weighted by molar-refractivity contribution is -0.127. The number of nitrogens with one attached hydrogen (secondary N) is 1. The van der Waals surface area contributed by atoms with Crippen LogP contribution in [0.2, 0.25) is 0 Å². The van der Waals surface area contributed by atoms with Gasteiger partial charge in [-0.2, -0.15) is 0 Å². The maximum Gasteiger partial charge on any atom is 0.261 e. The standard InChI is InChI=1S/C21H27NO3/c1-5-24-18-10-8-9-17(13-18)14-22-21(23)16(4)25-20-12-7-6-11-19(20)15(2)3/h6-13,15-16H,5,14H2,1-4H3,(H,22,23)/t16-/m0/s1. The van der Waals surface area contributed by atoms with Crippen LogP contribution in [0.1, 0.15) is 44.7 Å². The molecule has 0 aromatic heterocycles. The maximum absolute atomic E-state index is 12.3. The first kappa shape index (κ1) is 18.8. The largest absolute Gasteiger partial charge is 0.494 e. The molecule has 0 saturated heterocycles. The Bertz CT molecular complexity index is 697. The molecule has 4 heteroatoms. The molecular weight excluding hydrogens is 314 g/mol. The van der Waals surface area contributed by atoms with Crippen molar-refractivity contribution in [3.05, 3.63) is 59.7 Å². The van der Waals surface area contributed by atoms with Gasteiger partial charge in [0.05, 0.1) is 6.61 Å². The third-order valence-electron chi connectivity index (χ3n) is 3.89. The first-order chi connectivity index (χ1) is 12.0. The molecule has 0 aliphatic heterocycles. The molecule has 0 saturated carbocycles. The van der Waals surface area contributed by atoms with E-state index in [0.717, 1.165) is 22.6 Å². The molecule has 0 bridgehead atoms. The summed E-state index contributed by atoms with van der Waals surface area (Å²) in [5, 5.41) is 2.92. The van der Waals surface area contributed by atoms with E-state index >= 15 is 0 Å². The molecule has 1 amide bonds. The monoisotopic (exact) mass is 341 g/mol. The summed E-state index contributed by atoms with van der Waals surface area (Å²) in [6, 6.07) is 15.6. The number of rotatable bonds is 8. The van der Waals surface area contributed by atoms with Crippen LogP contribution in [-0.2, 0) is 11.3 Å². The summed E-state index contributed by atoms with van der Waals surface area (Å²) >= 11 is 0. The molecule has 0 radical (unpaired) electrons. The molecule has 1 N–H and O–H groups in total. The minimum atomic E-state index is -0.560. The maximum atomic E-state index is 12.3. The summed E-state index contributed by atoms with van der Waals surface area (Å²) in [4.78, 5) is 12.3. The zero-order valence-electron chi connectivity index (χ0n) is 15.4. The average Bonchev–Trinajstić information content (AvgIpc) is 2.60. The fraction of sp³-hybridized carbons (Fsp3) is 0.381. The lowest BCUT2D eigenvalue weighted by Crippen LogP contribution is -2.36. The van der Waals surface area contributed by atoms with Crippen LogP contribution in [0.5, 0.6) is 11.5 Å². The van der Waals surface area contributed by atoms with Gasteiger partial charge in [-0.1, -0.05) is 44.2 Å². The molecule has 2 rings (SSSR count). The van der Waals surface area contributed by atoms with Gasteiger partial charge in [-0.25, -0.2) is 0 Å². The molecule has 1 atom stereocenters. The van der Waals surface area contributed by atoms with E-state index < -0.39 is 6.10 Å². The minimum Gasteiger partial charge on any atom is -0.494 e.